The first kappa shape index (κ1) is 47.3. The Labute approximate surface area is 364 Å². The lowest BCUT2D eigenvalue weighted by atomic mass is 9.81. The molecule has 2 nitrogen and oxygen atoms in total. The molecule has 0 saturated carbocycles. The standard InChI is InChI=1S/C47H33F15N2S/c1-41(2,3)30-21-28(18-26-8-6-7-9-29(26)30)38-39-35(14-15-63-38)64-40(65-39)25-12-10-24(11-13-25)36-33(45(54,55)56)19-27(20-34(36)46(57,58)59)37-31(43(48,49)50)16-23(17-32(37)44(51,52)53)22-42(4,5)47(60,61)62/h6-21H,22H2,1-5H3. The molecule has 7 aromatic rings. The van der Waals surface area contributed by atoms with Gasteiger partial charge in [-0.3, -0.25) is 4.98 Å². The van der Waals surface area contributed by atoms with Gasteiger partial charge in [0.15, 0.2) is 0 Å². The van der Waals surface area contributed by atoms with Crippen molar-refractivity contribution in [3.63, 3.8) is 0 Å². The van der Waals surface area contributed by atoms with Gasteiger partial charge in [-0.1, -0.05) is 83.1 Å². The van der Waals surface area contributed by atoms with Gasteiger partial charge in [0.25, 0.3) is 0 Å². The summed E-state index contributed by atoms with van der Waals surface area (Å²) < 4.78 is 219. The number of rotatable bonds is 6. The van der Waals surface area contributed by atoms with Gasteiger partial charge in [-0.25, -0.2) is 4.98 Å². The molecule has 7 rings (SSSR count). The number of fused-ring (bicyclic) bond motifs is 2. The first-order valence-corrected chi connectivity index (χ1v) is 20.2. The summed E-state index contributed by atoms with van der Waals surface area (Å²) in [7, 11) is 0. The highest BCUT2D eigenvalue weighted by atomic mass is 32.1. The second kappa shape index (κ2) is 15.8. The van der Waals surface area contributed by atoms with E-state index in [4.69, 9.17) is 0 Å². The fourth-order valence-electron chi connectivity index (χ4n) is 7.75. The third-order valence-corrected chi connectivity index (χ3v) is 12.1. The maximum Gasteiger partial charge on any atom is 0.417 e. The van der Waals surface area contributed by atoms with Gasteiger partial charge in [0, 0.05) is 28.5 Å². The number of thiazole rings is 1. The van der Waals surface area contributed by atoms with Crippen molar-refractivity contribution < 1.29 is 65.9 Å². The van der Waals surface area contributed by atoms with E-state index in [1.165, 1.54) is 18.3 Å². The number of benzene rings is 5. The lowest BCUT2D eigenvalue weighted by molar-refractivity contribution is -0.211. The van der Waals surface area contributed by atoms with Crippen LogP contribution in [0.2, 0.25) is 0 Å². The minimum atomic E-state index is -5.90. The molecule has 0 N–H and O–H groups in total. The van der Waals surface area contributed by atoms with E-state index in [2.05, 4.69) is 30.7 Å². The number of halogens is 15. The summed E-state index contributed by atoms with van der Waals surface area (Å²) in [5.41, 5.74) is -16.7. The van der Waals surface area contributed by atoms with Crippen LogP contribution in [0.5, 0.6) is 0 Å². The van der Waals surface area contributed by atoms with Crippen molar-refractivity contribution in [3.05, 3.63) is 131 Å². The van der Waals surface area contributed by atoms with Gasteiger partial charge in [-0.15, -0.1) is 11.3 Å². The molecule has 0 spiro atoms. The molecule has 0 aliphatic heterocycles. The number of pyridine rings is 1. The Balaban J connectivity index is 1.38. The Kier molecular flexibility index (Phi) is 11.5. The van der Waals surface area contributed by atoms with Gasteiger partial charge < -0.3 is 0 Å². The smallest absolute Gasteiger partial charge is 0.255 e. The molecule has 2 heterocycles. The molecule has 0 aliphatic rings. The molecule has 0 unspecified atom stereocenters. The van der Waals surface area contributed by atoms with E-state index in [0.29, 0.717) is 34.8 Å². The molecule has 5 aromatic carbocycles. The first-order chi connectivity index (χ1) is 29.8. The molecule has 2 aromatic heterocycles. The Morgan fingerprint density at radius 2 is 0.969 bits per heavy atom. The third-order valence-electron chi connectivity index (χ3n) is 10.9. The van der Waals surface area contributed by atoms with Crippen molar-refractivity contribution in [1.82, 2.24) is 9.97 Å². The van der Waals surface area contributed by atoms with Crippen LogP contribution in [-0.4, -0.2) is 16.1 Å². The van der Waals surface area contributed by atoms with Crippen molar-refractivity contribution in [2.75, 3.05) is 0 Å². The average Bonchev–Trinajstić information content (AvgIpc) is 3.62. The lowest BCUT2D eigenvalue weighted by Crippen LogP contribution is -2.34. The zero-order valence-corrected chi connectivity index (χ0v) is 35.2. The summed E-state index contributed by atoms with van der Waals surface area (Å²) in [6.45, 7) is 7.18. The van der Waals surface area contributed by atoms with Crippen LogP contribution in [0.4, 0.5) is 65.9 Å². The molecular weight excluding hydrogens is 910 g/mol. The number of alkyl halides is 15. The highest BCUT2D eigenvalue weighted by molar-refractivity contribution is 7.22. The van der Waals surface area contributed by atoms with Crippen LogP contribution in [0.15, 0.2) is 97.2 Å². The van der Waals surface area contributed by atoms with E-state index in [1.807, 2.05) is 36.4 Å². The number of nitrogens with zero attached hydrogens (tertiary/aromatic N) is 2. The Morgan fingerprint density at radius 3 is 1.48 bits per heavy atom. The summed E-state index contributed by atoms with van der Waals surface area (Å²) in [6.07, 6.45) is -28.5. The summed E-state index contributed by atoms with van der Waals surface area (Å²) in [4.78, 5) is 9.25. The molecule has 0 amide bonds. The van der Waals surface area contributed by atoms with Gasteiger partial charge >= 0.3 is 30.9 Å². The molecule has 65 heavy (non-hydrogen) atoms. The zero-order chi connectivity index (χ0) is 48.0. The van der Waals surface area contributed by atoms with Gasteiger partial charge in [0.1, 0.15) is 5.01 Å². The summed E-state index contributed by atoms with van der Waals surface area (Å²) in [5, 5.41) is 2.28. The second-order valence-corrected chi connectivity index (χ2v) is 18.2. The fraction of sp³-hybridized carbons (Fsp3) is 0.277. The molecule has 0 bridgehead atoms. The predicted octanol–water partition coefficient (Wildman–Crippen LogP) is 17.0. The van der Waals surface area contributed by atoms with E-state index in [0.717, 1.165) is 45.4 Å². The highest BCUT2D eigenvalue weighted by Crippen LogP contribution is 2.52. The zero-order valence-electron chi connectivity index (χ0n) is 34.4. The van der Waals surface area contributed by atoms with Gasteiger partial charge in [0.05, 0.1) is 43.6 Å². The molecule has 342 valence electrons. The van der Waals surface area contributed by atoms with Crippen LogP contribution < -0.4 is 0 Å². The maximum atomic E-state index is 14.9. The Hall–Kier alpha value is -5.65. The van der Waals surface area contributed by atoms with Gasteiger partial charge in [0.2, 0.25) is 0 Å². The predicted molar refractivity (Wildman–Crippen MR) is 219 cm³/mol. The van der Waals surface area contributed by atoms with Crippen molar-refractivity contribution in [1.29, 1.82) is 0 Å². The van der Waals surface area contributed by atoms with E-state index in [9.17, 15) is 65.9 Å². The van der Waals surface area contributed by atoms with Crippen molar-refractivity contribution in [2.24, 2.45) is 5.41 Å². The first-order valence-electron chi connectivity index (χ1n) is 19.4. The maximum absolute atomic E-state index is 14.9. The number of hydrogen-bond acceptors (Lipinski definition) is 3. The molecule has 0 fully saturated rings. The van der Waals surface area contributed by atoms with Crippen LogP contribution in [0.1, 0.15) is 68.0 Å². The van der Waals surface area contributed by atoms with Gasteiger partial charge in [-0.2, -0.15) is 65.9 Å². The van der Waals surface area contributed by atoms with E-state index in [1.54, 1.807) is 6.07 Å². The lowest BCUT2D eigenvalue weighted by Gasteiger charge is -2.29. The third kappa shape index (κ3) is 9.27. The fourth-order valence-corrected chi connectivity index (χ4v) is 8.83. The van der Waals surface area contributed by atoms with E-state index in [-0.39, 0.29) is 35.2 Å². The summed E-state index contributed by atoms with van der Waals surface area (Å²) in [5.74, 6) is 0. The van der Waals surface area contributed by atoms with E-state index < -0.39 is 92.8 Å². The van der Waals surface area contributed by atoms with Crippen LogP contribution in [-0.2, 0) is 36.5 Å². The minimum Gasteiger partial charge on any atom is -0.255 e. The summed E-state index contributed by atoms with van der Waals surface area (Å²) in [6, 6.07) is 16.7. The molecule has 0 saturated heterocycles. The normalized spacial score (nSPS) is 13.6. The van der Waals surface area contributed by atoms with Crippen molar-refractivity contribution >= 4 is 32.3 Å². The van der Waals surface area contributed by atoms with Crippen molar-refractivity contribution in [2.45, 2.75) is 77.3 Å². The Bertz CT molecular complexity index is 2870. The monoisotopic (exact) mass is 942 g/mol. The highest BCUT2D eigenvalue weighted by Gasteiger charge is 2.49. The minimum absolute atomic E-state index is 0.128. The molecule has 18 heteroatoms. The van der Waals surface area contributed by atoms with Crippen molar-refractivity contribution in [3.8, 4) is 44.1 Å². The topological polar surface area (TPSA) is 25.8 Å². The van der Waals surface area contributed by atoms with Gasteiger partial charge in [-0.05, 0) is 87.3 Å². The quantitative estimate of drug-likeness (QED) is 0.155. The van der Waals surface area contributed by atoms with Crippen LogP contribution in [0.25, 0.3) is 65.1 Å². The molecule has 0 radical (unpaired) electrons. The Morgan fingerprint density at radius 1 is 0.492 bits per heavy atom. The van der Waals surface area contributed by atoms with E-state index >= 15 is 0 Å². The molecule has 0 aliphatic carbocycles. The second-order valence-electron chi connectivity index (χ2n) is 17.2. The average molecular weight is 943 g/mol. The SMILES string of the molecule is CC(C)(C)c1cc(-c2nccc3nc(-c4ccc(-c5c(C(F)(F)F)cc(-c6c(C(F)(F)F)cc(CC(C)(C)C(F)(F)F)cc6C(F)(F)F)cc5C(F)(F)F)cc4)sc23)cc2ccccc12. The molecular formula is C47H33F15N2S. The van der Waals surface area contributed by atoms with Crippen LogP contribution in [0, 0.1) is 5.41 Å². The number of hydrogen-bond donors (Lipinski definition) is 0. The summed E-state index contributed by atoms with van der Waals surface area (Å²) >= 11 is 1.15. The van der Waals surface area contributed by atoms with Crippen LogP contribution >= 0.6 is 11.3 Å². The molecule has 0 atom stereocenters. The number of aromatic nitrogens is 2. The van der Waals surface area contributed by atoms with Crippen LogP contribution in [0.3, 0.4) is 0 Å². The largest absolute Gasteiger partial charge is 0.417 e.